The Morgan fingerprint density at radius 1 is 1.23 bits per heavy atom. The Morgan fingerprint density at radius 3 is 2.60 bits per heavy atom. The second kappa shape index (κ2) is 11.6. The summed E-state index contributed by atoms with van der Waals surface area (Å²) in [5.41, 5.74) is 7.22. The van der Waals surface area contributed by atoms with E-state index in [0.717, 1.165) is 25.9 Å². The first kappa shape index (κ1) is 24.5. The Hall–Kier alpha value is -1.78. The van der Waals surface area contributed by atoms with Crippen LogP contribution in [0.3, 0.4) is 0 Å². The average Bonchev–Trinajstić information content (AvgIpc) is 3.24. The lowest BCUT2D eigenvalue weighted by Crippen LogP contribution is -2.31. The maximum absolute atomic E-state index is 14.6. The smallest absolute Gasteiger partial charge is 0.193 e. The maximum Gasteiger partial charge on any atom is 0.193 e. The van der Waals surface area contributed by atoms with E-state index in [9.17, 15) is 4.39 Å². The van der Waals surface area contributed by atoms with Crippen molar-refractivity contribution < 1.29 is 13.9 Å². The second-order valence-electron chi connectivity index (χ2n) is 6.81. The largest absolute Gasteiger partial charge is 0.497 e. The van der Waals surface area contributed by atoms with Crippen LogP contribution in [-0.4, -0.2) is 44.7 Å². The first-order valence-electron chi connectivity index (χ1n) is 9.50. The van der Waals surface area contributed by atoms with Gasteiger partial charge in [0.25, 0.3) is 0 Å². The van der Waals surface area contributed by atoms with Crippen LogP contribution in [0.5, 0.6) is 11.5 Å². The SMILES string of the molecule is COc1ccc(OC)c(NC(N)=NCC(c2c(F)cccc2Cl)N2CCCC2)c1.I. The molecule has 1 aliphatic rings. The number of methoxy groups -OCH3 is 2. The minimum Gasteiger partial charge on any atom is -0.497 e. The van der Waals surface area contributed by atoms with Gasteiger partial charge >= 0.3 is 0 Å². The molecule has 1 atom stereocenters. The van der Waals surface area contributed by atoms with Crippen LogP contribution in [-0.2, 0) is 0 Å². The number of hydrogen-bond donors (Lipinski definition) is 2. The predicted molar refractivity (Wildman–Crippen MR) is 130 cm³/mol. The predicted octanol–water partition coefficient (Wildman–Crippen LogP) is 4.68. The van der Waals surface area contributed by atoms with Gasteiger partial charge in [0, 0.05) is 16.7 Å². The number of anilines is 1. The lowest BCUT2D eigenvalue weighted by Gasteiger charge is -2.27. The highest BCUT2D eigenvalue weighted by atomic mass is 127. The van der Waals surface area contributed by atoms with Crippen molar-refractivity contribution in [1.82, 2.24) is 4.90 Å². The highest BCUT2D eigenvalue weighted by Gasteiger charge is 2.27. The Bertz CT molecular complexity index is 858. The van der Waals surface area contributed by atoms with E-state index in [4.69, 9.17) is 26.8 Å². The van der Waals surface area contributed by atoms with Crippen molar-refractivity contribution in [2.24, 2.45) is 10.7 Å². The van der Waals surface area contributed by atoms with Crippen LogP contribution in [0.2, 0.25) is 5.02 Å². The zero-order valence-corrected chi connectivity index (χ0v) is 20.1. The van der Waals surface area contributed by atoms with Crippen molar-refractivity contribution in [3.63, 3.8) is 0 Å². The van der Waals surface area contributed by atoms with Crippen LogP contribution in [0.15, 0.2) is 41.4 Å². The number of nitrogens with one attached hydrogen (secondary N) is 1. The summed E-state index contributed by atoms with van der Waals surface area (Å²) in [6, 6.07) is 9.80. The summed E-state index contributed by atoms with van der Waals surface area (Å²) >= 11 is 6.33. The van der Waals surface area contributed by atoms with Gasteiger partial charge in [0.15, 0.2) is 5.96 Å². The zero-order valence-electron chi connectivity index (χ0n) is 17.0. The van der Waals surface area contributed by atoms with Crippen molar-refractivity contribution in [1.29, 1.82) is 0 Å². The molecule has 0 aromatic heterocycles. The van der Waals surface area contributed by atoms with Crippen molar-refractivity contribution in [3.8, 4) is 11.5 Å². The fourth-order valence-electron chi connectivity index (χ4n) is 3.55. The van der Waals surface area contributed by atoms with Gasteiger partial charge in [0.1, 0.15) is 17.3 Å². The molecule has 0 amide bonds. The molecular weight excluding hydrogens is 522 g/mol. The van der Waals surface area contributed by atoms with Crippen LogP contribution in [0.25, 0.3) is 0 Å². The molecular formula is C21H27ClFIN4O2. The normalized spacial score (nSPS) is 15.4. The lowest BCUT2D eigenvalue weighted by atomic mass is 10.0. The monoisotopic (exact) mass is 548 g/mol. The van der Waals surface area contributed by atoms with E-state index in [-0.39, 0.29) is 48.3 Å². The van der Waals surface area contributed by atoms with Gasteiger partial charge in [-0.1, -0.05) is 17.7 Å². The summed E-state index contributed by atoms with van der Waals surface area (Å²) in [4.78, 5) is 6.68. The first-order valence-corrected chi connectivity index (χ1v) is 9.88. The van der Waals surface area contributed by atoms with E-state index >= 15 is 0 Å². The molecule has 9 heteroatoms. The minimum atomic E-state index is -0.328. The molecule has 30 heavy (non-hydrogen) atoms. The summed E-state index contributed by atoms with van der Waals surface area (Å²) in [6.07, 6.45) is 2.14. The molecule has 0 spiro atoms. The number of aliphatic imine (C=N–C) groups is 1. The molecule has 164 valence electrons. The standard InChI is InChI=1S/C21H26ClFN4O2.HI/c1-28-14-8-9-19(29-2)17(12-14)26-21(24)25-13-18(27-10-3-4-11-27)20-15(22)6-5-7-16(20)23;/h5-9,12,18H,3-4,10-11,13H2,1-2H3,(H3,24,25,26);1H. The van der Waals surface area contributed by atoms with Crippen molar-refractivity contribution in [2.75, 3.05) is 39.2 Å². The van der Waals surface area contributed by atoms with Crippen LogP contribution < -0.4 is 20.5 Å². The van der Waals surface area contributed by atoms with Gasteiger partial charge in [-0.15, -0.1) is 24.0 Å². The summed E-state index contributed by atoms with van der Waals surface area (Å²) in [5, 5.41) is 3.44. The third-order valence-corrected chi connectivity index (χ3v) is 5.35. The van der Waals surface area contributed by atoms with E-state index in [1.165, 1.54) is 6.07 Å². The van der Waals surface area contributed by atoms with E-state index in [0.29, 0.717) is 27.8 Å². The van der Waals surface area contributed by atoms with Crippen LogP contribution in [0, 0.1) is 5.82 Å². The molecule has 1 aliphatic heterocycles. The molecule has 1 unspecified atom stereocenters. The quantitative estimate of drug-likeness (QED) is 0.299. The number of nitrogens with two attached hydrogens (primary N) is 1. The van der Waals surface area contributed by atoms with E-state index < -0.39 is 0 Å². The molecule has 2 aromatic carbocycles. The molecule has 0 aliphatic carbocycles. The van der Waals surface area contributed by atoms with E-state index in [1.807, 2.05) is 0 Å². The second-order valence-corrected chi connectivity index (χ2v) is 7.22. The highest BCUT2D eigenvalue weighted by molar-refractivity contribution is 14.0. The number of nitrogens with zero attached hydrogens (tertiary/aromatic N) is 2. The van der Waals surface area contributed by atoms with Crippen molar-refractivity contribution in [3.05, 3.63) is 52.8 Å². The van der Waals surface area contributed by atoms with Gasteiger partial charge in [-0.3, -0.25) is 9.89 Å². The molecule has 1 heterocycles. The van der Waals surface area contributed by atoms with Gasteiger partial charge in [0.2, 0.25) is 0 Å². The average molecular weight is 549 g/mol. The Balaban J connectivity index is 0.00000320. The fraction of sp³-hybridized carbons (Fsp3) is 0.381. The first-order chi connectivity index (χ1) is 14.0. The number of likely N-dealkylation sites (tertiary alicyclic amines) is 1. The van der Waals surface area contributed by atoms with Crippen LogP contribution in [0.1, 0.15) is 24.4 Å². The summed E-state index contributed by atoms with van der Waals surface area (Å²) in [5.74, 6) is 1.14. The van der Waals surface area contributed by atoms with Crippen molar-refractivity contribution >= 4 is 47.2 Å². The zero-order chi connectivity index (χ0) is 20.8. The molecule has 0 bridgehead atoms. The number of guanidine groups is 1. The number of rotatable bonds is 7. The summed E-state index contributed by atoms with van der Waals surface area (Å²) < 4.78 is 25.2. The number of ether oxygens (including phenoxy) is 2. The number of hydrogen-bond acceptors (Lipinski definition) is 4. The van der Waals surface area contributed by atoms with Gasteiger partial charge in [-0.2, -0.15) is 0 Å². The maximum atomic E-state index is 14.6. The van der Waals surface area contributed by atoms with Gasteiger partial charge in [0.05, 0.1) is 32.5 Å². The van der Waals surface area contributed by atoms with E-state index in [1.54, 1.807) is 44.6 Å². The third kappa shape index (κ3) is 5.89. The Labute approximate surface area is 198 Å². The number of halogens is 3. The minimum absolute atomic E-state index is 0. The summed E-state index contributed by atoms with van der Waals surface area (Å²) in [6.45, 7) is 2.04. The molecule has 6 nitrogen and oxygen atoms in total. The number of benzene rings is 2. The highest BCUT2D eigenvalue weighted by Crippen LogP contribution is 2.33. The molecule has 1 saturated heterocycles. The molecule has 0 saturated carbocycles. The van der Waals surface area contributed by atoms with Gasteiger partial charge < -0.3 is 20.5 Å². The molecule has 1 fully saturated rings. The molecule has 3 rings (SSSR count). The molecule has 0 radical (unpaired) electrons. The third-order valence-electron chi connectivity index (χ3n) is 5.02. The topological polar surface area (TPSA) is 72.1 Å². The van der Waals surface area contributed by atoms with Crippen LogP contribution in [0.4, 0.5) is 10.1 Å². The molecule has 3 N–H and O–H groups in total. The fourth-order valence-corrected chi connectivity index (χ4v) is 3.83. The van der Waals surface area contributed by atoms with Crippen molar-refractivity contribution in [2.45, 2.75) is 18.9 Å². The van der Waals surface area contributed by atoms with Gasteiger partial charge in [-0.05, 0) is 50.2 Å². The Morgan fingerprint density at radius 2 is 1.97 bits per heavy atom. The van der Waals surface area contributed by atoms with Crippen LogP contribution >= 0.6 is 35.6 Å². The Kier molecular flexibility index (Phi) is 9.44. The van der Waals surface area contributed by atoms with Gasteiger partial charge in [-0.25, -0.2) is 4.39 Å². The van der Waals surface area contributed by atoms with E-state index in [2.05, 4.69) is 15.2 Å². The lowest BCUT2D eigenvalue weighted by molar-refractivity contribution is 0.246. The summed E-state index contributed by atoms with van der Waals surface area (Å²) in [7, 11) is 3.16. The molecule has 2 aromatic rings.